The van der Waals surface area contributed by atoms with Crippen LogP contribution in [0.3, 0.4) is 0 Å². The zero-order valence-corrected chi connectivity index (χ0v) is 5.29. The third kappa shape index (κ3) is 0.814. The maximum Gasteiger partial charge on any atom is 0.210 e. The molecule has 0 fully saturated rings. The predicted octanol–water partition coefficient (Wildman–Crippen LogP) is -0.208. The third-order valence-corrected chi connectivity index (χ3v) is 1.38. The van der Waals surface area contributed by atoms with Gasteiger partial charge in [0.2, 0.25) is 6.23 Å². The van der Waals surface area contributed by atoms with Crippen LogP contribution in [0, 0.1) is 6.54 Å². The van der Waals surface area contributed by atoms with Gasteiger partial charge in [-0.2, -0.15) is 5.10 Å². The van der Waals surface area contributed by atoms with E-state index in [-0.39, 0.29) is 6.23 Å². The molecule has 0 saturated heterocycles. The van der Waals surface area contributed by atoms with Crippen LogP contribution >= 0.6 is 0 Å². The zero-order valence-electron chi connectivity index (χ0n) is 5.29. The molecule has 1 unspecified atom stereocenters. The van der Waals surface area contributed by atoms with Crippen molar-refractivity contribution in [2.24, 2.45) is 5.10 Å². The second-order valence-corrected chi connectivity index (χ2v) is 2.05. The van der Waals surface area contributed by atoms with Crippen LogP contribution < -0.4 is 10.7 Å². The molecule has 2 rings (SSSR count). The molecular formula is C6H7N3O. The fraction of sp³-hybridized carbons (Fsp3) is 0.333. The summed E-state index contributed by atoms with van der Waals surface area (Å²) in [7, 11) is 0. The van der Waals surface area contributed by atoms with E-state index in [2.05, 4.69) is 22.4 Å². The number of hydrogen-bond donors (Lipinski definition) is 2. The molecule has 52 valence electrons. The van der Waals surface area contributed by atoms with E-state index in [9.17, 15) is 0 Å². The fourth-order valence-electron chi connectivity index (χ4n) is 0.891. The van der Waals surface area contributed by atoms with Crippen LogP contribution in [0.2, 0.25) is 0 Å². The SMILES string of the molecule is [C]1CC(C2NC=CO2)=NN1. The minimum absolute atomic E-state index is 0.0810. The Labute approximate surface area is 58.9 Å². The highest BCUT2D eigenvalue weighted by Crippen LogP contribution is 2.07. The summed E-state index contributed by atoms with van der Waals surface area (Å²) in [6.45, 7) is 2.85. The van der Waals surface area contributed by atoms with E-state index in [0.717, 1.165) is 12.1 Å². The van der Waals surface area contributed by atoms with Gasteiger partial charge in [0.05, 0.1) is 0 Å². The van der Waals surface area contributed by atoms with Crippen LogP contribution in [-0.4, -0.2) is 11.9 Å². The van der Waals surface area contributed by atoms with Crippen LogP contribution in [0.1, 0.15) is 6.42 Å². The Hall–Kier alpha value is -1.19. The number of ether oxygens (including phenoxy) is 1. The van der Waals surface area contributed by atoms with Crippen molar-refractivity contribution in [2.75, 3.05) is 0 Å². The lowest BCUT2D eigenvalue weighted by Gasteiger charge is -2.08. The molecule has 0 aliphatic carbocycles. The molecule has 0 bridgehead atoms. The lowest BCUT2D eigenvalue weighted by molar-refractivity contribution is 0.213. The summed E-state index contributed by atoms with van der Waals surface area (Å²) in [6.07, 6.45) is 4.01. The lowest BCUT2D eigenvalue weighted by Crippen LogP contribution is -2.29. The fourth-order valence-corrected chi connectivity index (χ4v) is 0.891. The maximum absolute atomic E-state index is 5.13. The molecule has 2 heterocycles. The van der Waals surface area contributed by atoms with Crippen molar-refractivity contribution in [1.82, 2.24) is 10.7 Å². The first-order chi connectivity index (χ1) is 4.97. The average Bonchev–Trinajstić information content (AvgIpc) is 2.59. The molecule has 0 aromatic heterocycles. The van der Waals surface area contributed by atoms with E-state index in [1.165, 1.54) is 0 Å². The Balaban J connectivity index is 1.99. The standard InChI is InChI=1S/C6H7N3O/c1-2-8-9-5(1)6-7-3-4-10-6/h3-4,6-8H,1H2. The number of nitrogens with one attached hydrogen (secondary N) is 2. The highest BCUT2D eigenvalue weighted by atomic mass is 16.5. The van der Waals surface area contributed by atoms with Crippen molar-refractivity contribution in [1.29, 1.82) is 0 Å². The monoisotopic (exact) mass is 137 g/mol. The molecular weight excluding hydrogens is 130 g/mol. The van der Waals surface area contributed by atoms with Gasteiger partial charge in [-0.25, -0.2) is 0 Å². The smallest absolute Gasteiger partial charge is 0.210 e. The van der Waals surface area contributed by atoms with Gasteiger partial charge in [-0.05, 0) is 0 Å². The summed E-state index contributed by atoms with van der Waals surface area (Å²) in [6, 6.07) is 0. The molecule has 2 aliphatic rings. The molecule has 4 nitrogen and oxygen atoms in total. The van der Waals surface area contributed by atoms with Gasteiger partial charge in [0.1, 0.15) is 18.5 Å². The molecule has 10 heavy (non-hydrogen) atoms. The first-order valence-corrected chi connectivity index (χ1v) is 3.08. The molecule has 2 aliphatic heterocycles. The Morgan fingerprint density at radius 2 is 2.80 bits per heavy atom. The number of nitrogens with zero attached hydrogens (tertiary/aromatic N) is 1. The predicted molar refractivity (Wildman–Crippen MR) is 35.6 cm³/mol. The first-order valence-electron chi connectivity index (χ1n) is 3.08. The van der Waals surface area contributed by atoms with Gasteiger partial charge in [-0.1, -0.05) is 0 Å². The minimum atomic E-state index is -0.0810. The lowest BCUT2D eigenvalue weighted by atomic mass is 10.2. The normalized spacial score (nSPS) is 28.8. The molecule has 0 aromatic carbocycles. The Morgan fingerprint density at radius 1 is 1.80 bits per heavy atom. The number of hydrogen-bond acceptors (Lipinski definition) is 4. The van der Waals surface area contributed by atoms with E-state index < -0.39 is 0 Å². The van der Waals surface area contributed by atoms with Gasteiger partial charge >= 0.3 is 0 Å². The van der Waals surface area contributed by atoms with Crippen molar-refractivity contribution in [3.05, 3.63) is 19.0 Å². The van der Waals surface area contributed by atoms with Gasteiger partial charge in [0.15, 0.2) is 0 Å². The number of rotatable bonds is 1. The molecule has 4 heteroatoms. The van der Waals surface area contributed by atoms with E-state index in [1.54, 1.807) is 12.5 Å². The Morgan fingerprint density at radius 3 is 3.40 bits per heavy atom. The van der Waals surface area contributed by atoms with Gasteiger partial charge in [0, 0.05) is 12.6 Å². The number of hydrazone groups is 1. The van der Waals surface area contributed by atoms with Crippen LogP contribution in [0.15, 0.2) is 17.6 Å². The molecule has 2 radical (unpaired) electrons. The van der Waals surface area contributed by atoms with E-state index in [0.29, 0.717) is 0 Å². The summed E-state index contributed by atoms with van der Waals surface area (Å²) < 4.78 is 5.13. The Bertz CT molecular complexity index is 179. The summed E-state index contributed by atoms with van der Waals surface area (Å²) in [5.41, 5.74) is 3.57. The highest BCUT2D eigenvalue weighted by molar-refractivity contribution is 5.90. The van der Waals surface area contributed by atoms with Crippen molar-refractivity contribution in [3.8, 4) is 0 Å². The minimum Gasteiger partial charge on any atom is -0.471 e. The zero-order chi connectivity index (χ0) is 6.81. The van der Waals surface area contributed by atoms with E-state index in [4.69, 9.17) is 4.74 Å². The van der Waals surface area contributed by atoms with Crippen LogP contribution in [0.5, 0.6) is 0 Å². The van der Waals surface area contributed by atoms with Gasteiger partial charge in [-0.15, -0.1) is 0 Å². The molecule has 0 spiro atoms. The van der Waals surface area contributed by atoms with Crippen molar-refractivity contribution >= 4 is 5.71 Å². The molecule has 0 saturated carbocycles. The summed E-state index contributed by atoms with van der Waals surface area (Å²) >= 11 is 0. The molecule has 0 amide bonds. The van der Waals surface area contributed by atoms with Gasteiger partial charge in [0.25, 0.3) is 0 Å². The van der Waals surface area contributed by atoms with Crippen LogP contribution in [0.25, 0.3) is 0 Å². The van der Waals surface area contributed by atoms with Crippen molar-refractivity contribution in [2.45, 2.75) is 12.6 Å². The van der Waals surface area contributed by atoms with Gasteiger partial charge in [-0.3, -0.25) is 5.43 Å². The quantitative estimate of drug-likeness (QED) is 0.525. The topological polar surface area (TPSA) is 45.6 Å². The molecule has 0 aromatic rings. The van der Waals surface area contributed by atoms with Crippen LogP contribution in [-0.2, 0) is 4.74 Å². The summed E-state index contributed by atoms with van der Waals surface area (Å²) in [4.78, 5) is 0. The van der Waals surface area contributed by atoms with E-state index >= 15 is 0 Å². The van der Waals surface area contributed by atoms with E-state index in [1.807, 2.05) is 0 Å². The highest BCUT2D eigenvalue weighted by Gasteiger charge is 2.20. The first kappa shape index (κ1) is 5.58. The third-order valence-electron chi connectivity index (χ3n) is 1.38. The average molecular weight is 137 g/mol. The van der Waals surface area contributed by atoms with Crippen molar-refractivity contribution in [3.63, 3.8) is 0 Å². The Kier molecular flexibility index (Phi) is 1.23. The molecule has 1 atom stereocenters. The summed E-state index contributed by atoms with van der Waals surface area (Å²) in [5, 5.41) is 6.93. The molecule has 2 N–H and O–H groups in total. The largest absolute Gasteiger partial charge is 0.471 e. The maximum atomic E-state index is 5.13. The van der Waals surface area contributed by atoms with Crippen molar-refractivity contribution < 1.29 is 4.74 Å². The van der Waals surface area contributed by atoms with Gasteiger partial charge < -0.3 is 10.1 Å². The summed E-state index contributed by atoms with van der Waals surface area (Å²) in [5.74, 6) is 0. The second kappa shape index (κ2) is 2.21. The van der Waals surface area contributed by atoms with Crippen LogP contribution in [0.4, 0.5) is 0 Å². The second-order valence-electron chi connectivity index (χ2n) is 2.05.